The quantitative estimate of drug-likeness (QED) is 0.729. The molecular weight excluding hydrogens is 214 g/mol. The third kappa shape index (κ3) is 3.12. The Balaban J connectivity index is 2.04. The van der Waals surface area contributed by atoms with Crippen molar-refractivity contribution in [1.82, 2.24) is 15.5 Å². The van der Waals surface area contributed by atoms with Gasteiger partial charge in [0, 0.05) is 19.6 Å². The summed E-state index contributed by atoms with van der Waals surface area (Å²) in [7, 11) is 1.74. The van der Waals surface area contributed by atoms with Gasteiger partial charge in [0.1, 0.15) is 0 Å². The van der Waals surface area contributed by atoms with Crippen molar-refractivity contribution in [2.24, 2.45) is 5.92 Å². The third-order valence-electron chi connectivity index (χ3n) is 4.20. The molecule has 1 atom stereocenters. The molecule has 98 valence electrons. The van der Waals surface area contributed by atoms with Gasteiger partial charge in [0.05, 0.1) is 0 Å². The summed E-state index contributed by atoms with van der Waals surface area (Å²) in [5, 5.41) is 6.21. The van der Waals surface area contributed by atoms with Crippen LogP contribution in [0.25, 0.3) is 0 Å². The van der Waals surface area contributed by atoms with Gasteiger partial charge in [0.25, 0.3) is 0 Å². The molecule has 0 radical (unpaired) electrons. The lowest BCUT2D eigenvalue weighted by molar-refractivity contribution is 0.135. The number of rotatable bonds is 1. The topological polar surface area (TPSA) is 44.4 Å². The zero-order valence-electron chi connectivity index (χ0n) is 10.9. The van der Waals surface area contributed by atoms with Crippen molar-refractivity contribution in [2.75, 3.05) is 26.7 Å². The average Bonchev–Trinajstić information content (AvgIpc) is 2.64. The Labute approximate surface area is 104 Å². The van der Waals surface area contributed by atoms with Crippen LogP contribution in [0, 0.1) is 5.92 Å². The average molecular weight is 239 g/mol. The highest BCUT2D eigenvalue weighted by atomic mass is 16.2. The van der Waals surface area contributed by atoms with Crippen LogP contribution in [0.4, 0.5) is 4.79 Å². The van der Waals surface area contributed by atoms with Gasteiger partial charge in [-0.15, -0.1) is 0 Å². The first kappa shape index (κ1) is 12.7. The smallest absolute Gasteiger partial charge is 0.317 e. The van der Waals surface area contributed by atoms with Crippen molar-refractivity contribution >= 4 is 6.03 Å². The van der Waals surface area contributed by atoms with Gasteiger partial charge in [-0.25, -0.2) is 4.79 Å². The minimum Gasteiger partial charge on any atom is -0.341 e. The van der Waals surface area contributed by atoms with E-state index in [4.69, 9.17) is 0 Å². The molecule has 0 spiro atoms. The molecule has 2 aliphatic rings. The Morgan fingerprint density at radius 3 is 2.65 bits per heavy atom. The predicted octanol–water partition coefficient (Wildman–Crippen LogP) is 1.57. The number of carbonyl (C=O) groups excluding carboxylic acids is 1. The second-order valence-electron chi connectivity index (χ2n) is 5.25. The van der Waals surface area contributed by atoms with Crippen LogP contribution in [-0.2, 0) is 0 Å². The molecule has 4 nitrogen and oxygen atoms in total. The molecule has 2 rings (SSSR count). The minimum absolute atomic E-state index is 0.121. The van der Waals surface area contributed by atoms with E-state index in [2.05, 4.69) is 15.5 Å². The van der Waals surface area contributed by atoms with Gasteiger partial charge >= 0.3 is 6.03 Å². The van der Waals surface area contributed by atoms with E-state index in [0.717, 1.165) is 26.1 Å². The number of likely N-dealkylation sites (tertiary alicyclic amines) is 1. The fraction of sp³-hybridized carbons (Fsp3) is 0.923. The number of hydrogen-bond donors (Lipinski definition) is 2. The lowest BCUT2D eigenvalue weighted by atomic mass is 9.87. The van der Waals surface area contributed by atoms with E-state index in [1.54, 1.807) is 7.05 Å². The fourth-order valence-corrected chi connectivity index (χ4v) is 3.25. The van der Waals surface area contributed by atoms with Gasteiger partial charge in [-0.1, -0.05) is 12.8 Å². The van der Waals surface area contributed by atoms with E-state index in [1.807, 2.05) is 0 Å². The Kier molecular flexibility index (Phi) is 4.66. The number of hydrogen-bond acceptors (Lipinski definition) is 2. The lowest BCUT2D eigenvalue weighted by Crippen LogP contribution is -2.50. The van der Waals surface area contributed by atoms with Gasteiger partial charge in [0.15, 0.2) is 0 Å². The molecule has 1 unspecified atom stereocenters. The first-order valence-corrected chi connectivity index (χ1v) is 7.02. The molecule has 2 heterocycles. The van der Waals surface area contributed by atoms with Gasteiger partial charge in [0.2, 0.25) is 0 Å². The zero-order chi connectivity index (χ0) is 12.1. The zero-order valence-corrected chi connectivity index (χ0v) is 10.9. The SMILES string of the molecule is CNC(=O)N1CCCCCC1C1CCNCC1. The lowest BCUT2D eigenvalue weighted by Gasteiger charge is -2.37. The Morgan fingerprint density at radius 2 is 1.94 bits per heavy atom. The summed E-state index contributed by atoms with van der Waals surface area (Å²) in [6.45, 7) is 3.17. The molecule has 0 aromatic rings. The van der Waals surface area contributed by atoms with Crippen LogP contribution in [0.2, 0.25) is 0 Å². The second-order valence-corrected chi connectivity index (χ2v) is 5.25. The summed E-state index contributed by atoms with van der Waals surface area (Å²) in [4.78, 5) is 14.1. The monoisotopic (exact) mass is 239 g/mol. The number of amides is 2. The maximum absolute atomic E-state index is 12.0. The van der Waals surface area contributed by atoms with Crippen LogP contribution in [0.3, 0.4) is 0 Å². The highest BCUT2D eigenvalue weighted by Crippen LogP contribution is 2.28. The maximum atomic E-state index is 12.0. The van der Waals surface area contributed by atoms with Gasteiger partial charge < -0.3 is 15.5 Å². The maximum Gasteiger partial charge on any atom is 0.317 e. The highest BCUT2D eigenvalue weighted by Gasteiger charge is 2.31. The van der Waals surface area contributed by atoms with Crippen molar-refractivity contribution in [1.29, 1.82) is 0 Å². The molecule has 0 saturated carbocycles. The summed E-state index contributed by atoms with van der Waals surface area (Å²) in [6, 6.07) is 0.593. The van der Waals surface area contributed by atoms with Crippen LogP contribution < -0.4 is 10.6 Å². The van der Waals surface area contributed by atoms with Gasteiger partial charge in [-0.2, -0.15) is 0 Å². The first-order valence-electron chi connectivity index (χ1n) is 7.02. The summed E-state index contributed by atoms with van der Waals surface area (Å²) in [5.41, 5.74) is 0. The Morgan fingerprint density at radius 1 is 1.18 bits per heavy atom. The Hall–Kier alpha value is -0.770. The van der Waals surface area contributed by atoms with Crippen LogP contribution in [0.15, 0.2) is 0 Å². The van der Waals surface area contributed by atoms with Crippen LogP contribution in [-0.4, -0.2) is 43.7 Å². The molecule has 17 heavy (non-hydrogen) atoms. The predicted molar refractivity (Wildman–Crippen MR) is 69.0 cm³/mol. The van der Waals surface area contributed by atoms with Crippen molar-refractivity contribution in [2.45, 2.75) is 44.6 Å². The van der Waals surface area contributed by atoms with Crippen LogP contribution in [0.5, 0.6) is 0 Å². The molecule has 2 N–H and O–H groups in total. The molecule has 2 amide bonds. The Bertz CT molecular complexity index is 251. The van der Waals surface area contributed by atoms with E-state index in [0.29, 0.717) is 12.0 Å². The number of nitrogens with one attached hydrogen (secondary N) is 2. The van der Waals surface area contributed by atoms with Gasteiger partial charge in [-0.3, -0.25) is 0 Å². The molecule has 0 aromatic carbocycles. The summed E-state index contributed by atoms with van der Waals surface area (Å²) < 4.78 is 0. The largest absolute Gasteiger partial charge is 0.341 e. The van der Waals surface area contributed by atoms with Crippen LogP contribution >= 0.6 is 0 Å². The standard InChI is InChI=1S/C13H25N3O/c1-14-13(17)16-10-4-2-3-5-12(16)11-6-8-15-9-7-11/h11-12,15H,2-10H2,1H3,(H,14,17). The molecule has 0 bridgehead atoms. The molecule has 2 fully saturated rings. The fourth-order valence-electron chi connectivity index (χ4n) is 3.25. The molecule has 0 aliphatic carbocycles. The van der Waals surface area contributed by atoms with Gasteiger partial charge in [-0.05, 0) is 44.7 Å². The minimum atomic E-state index is 0.121. The van der Waals surface area contributed by atoms with E-state index >= 15 is 0 Å². The summed E-state index contributed by atoms with van der Waals surface area (Å²) >= 11 is 0. The molecule has 4 heteroatoms. The number of piperidine rings is 1. The first-order chi connectivity index (χ1) is 8.33. The van der Waals surface area contributed by atoms with Crippen molar-refractivity contribution < 1.29 is 4.79 Å². The number of carbonyl (C=O) groups is 1. The normalized spacial score (nSPS) is 27.6. The van der Waals surface area contributed by atoms with E-state index in [9.17, 15) is 4.79 Å². The third-order valence-corrected chi connectivity index (χ3v) is 4.20. The molecule has 2 saturated heterocycles. The number of urea groups is 1. The van der Waals surface area contributed by atoms with Crippen molar-refractivity contribution in [3.63, 3.8) is 0 Å². The molecule has 0 aromatic heterocycles. The van der Waals surface area contributed by atoms with Crippen molar-refractivity contribution in [3.8, 4) is 0 Å². The van der Waals surface area contributed by atoms with Crippen molar-refractivity contribution in [3.05, 3.63) is 0 Å². The van der Waals surface area contributed by atoms with E-state index < -0.39 is 0 Å². The second kappa shape index (κ2) is 6.24. The summed E-state index contributed by atoms with van der Waals surface area (Å²) in [6.07, 6.45) is 7.35. The van der Waals surface area contributed by atoms with E-state index in [1.165, 1.54) is 32.1 Å². The highest BCUT2D eigenvalue weighted by molar-refractivity contribution is 5.74. The molecular formula is C13H25N3O. The van der Waals surface area contributed by atoms with E-state index in [-0.39, 0.29) is 6.03 Å². The summed E-state index contributed by atoms with van der Waals surface area (Å²) in [5.74, 6) is 0.701. The van der Waals surface area contributed by atoms with Crippen LogP contribution in [0.1, 0.15) is 38.5 Å². The number of nitrogens with zero attached hydrogens (tertiary/aromatic N) is 1. The molecule has 2 aliphatic heterocycles.